The lowest BCUT2D eigenvalue weighted by molar-refractivity contribution is 0.627. The average molecular weight is 285 g/mol. The van der Waals surface area contributed by atoms with Crippen molar-refractivity contribution in [3.8, 4) is 6.07 Å². The molecule has 0 saturated carbocycles. The van der Waals surface area contributed by atoms with Gasteiger partial charge in [-0.15, -0.1) is 0 Å². The standard InChI is InChI=1S/C10H11N.C7H7F.C2H6/c1-8(2)10-5-3-4-9(6-10)7-11;1-6-2-4-7(8)5-3-6;1-2/h3-6,8H,1-2H3;2-5H,1H3;1-2H3. The SMILES string of the molecule is CC.CC(C)c1cccc(C#N)c1.Cc1ccc(F)cc1. The first kappa shape index (κ1) is 18.9. The molecule has 2 heteroatoms. The van der Waals surface area contributed by atoms with Gasteiger partial charge in [-0.2, -0.15) is 5.26 Å². The Kier molecular flexibility index (Phi) is 9.54. The number of hydrogen-bond donors (Lipinski definition) is 0. The van der Waals surface area contributed by atoms with E-state index in [2.05, 4.69) is 19.9 Å². The van der Waals surface area contributed by atoms with Crippen LogP contribution < -0.4 is 0 Å². The number of halogens is 1. The van der Waals surface area contributed by atoms with Crippen molar-refractivity contribution in [2.24, 2.45) is 0 Å². The predicted molar refractivity (Wildman–Crippen MR) is 87.7 cm³/mol. The molecule has 21 heavy (non-hydrogen) atoms. The Morgan fingerprint density at radius 2 is 1.57 bits per heavy atom. The van der Waals surface area contributed by atoms with Gasteiger partial charge in [-0.05, 0) is 42.7 Å². The van der Waals surface area contributed by atoms with Crippen LogP contribution in [0.3, 0.4) is 0 Å². The first-order chi connectivity index (χ1) is 10.0. The maximum Gasteiger partial charge on any atom is 0.123 e. The first-order valence-corrected chi connectivity index (χ1v) is 7.25. The highest BCUT2D eigenvalue weighted by Gasteiger charge is 1.98. The van der Waals surface area contributed by atoms with Gasteiger partial charge in [0.05, 0.1) is 11.6 Å². The maximum atomic E-state index is 12.1. The molecule has 0 saturated heterocycles. The zero-order chi connectivity index (χ0) is 16.3. The lowest BCUT2D eigenvalue weighted by atomic mass is 10.0. The summed E-state index contributed by atoms with van der Waals surface area (Å²) >= 11 is 0. The molecule has 2 rings (SSSR count). The topological polar surface area (TPSA) is 23.8 Å². The quantitative estimate of drug-likeness (QED) is 0.645. The molecular weight excluding hydrogens is 261 g/mol. The second-order valence-corrected chi connectivity index (χ2v) is 4.69. The van der Waals surface area contributed by atoms with Crippen LogP contribution in [-0.4, -0.2) is 0 Å². The molecule has 0 bridgehead atoms. The molecule has 0 amide bonds. The molecule has 0 heterocycles. The summed E-state index contributed by atoms with van der Waals surface area (Å²) in [4.78, 5) is 0. The van der Waals surface area contributed by atoms with Gasteiger partial charge in [-0.1, -0.05) is 57.5 Å². The highest BCUT2D eigenvalue weighted by molar-refractivity contribution is 5.33. The second-order valence-electron chi connectivity index (χ2n) is 4.69. The van der Waals surface area contributed by atoms with E-state index in [1.807, 2.05) is 45.0 Å². The normalized spacial score (nSPS) is 8.86. The van der Waals surface area contributed by atoms with Gasteiger partial charge in [0.25, 0.3) is 0 Å². The van der Waals surface area contributed by atoms with Crippen LogP contribution in [0.5, 0.6) is 0 Å². The van der Waals surface area contributed by atoms with Crippen molar-refractivity contribution in [2.45, 2.75) is 40.5 Å². The minimum Gasteiger partial charge on any atom is -0.207 e. The fourth-order valence-corrected chi connectivity index (χ4v) is 1.50. The van der Waals surface area contributed by atoms with Crippen LogP contribution in [0.2, 0.25) is 0 Å². The zero-order valence-corrected chi connectivity index (χ0v) is 13.5. The summed E-state index contributed by atoms with van der Waals surface area (Å²) in [6.45, 7) is 10.2. The minimum absolute atomic E-state index is 0.171. The number of rotatable bonds is 1. The van der Waals surface area contributed by atoms with Crippen molar-refractivity contribution in [1.82, 2.24) is 0 Å². The lowest BCUT2D eigenvalue weighted by Gasteiger charge is -2.03. The van der Waals surface area contributed by atoms with Crippen LogP contribution in [0.1, 0.15) is 50.3 Å². The Bertz CT molecular complexity index is 530. The summed E-state index contributed by atoms with van der Waals surface area (Å²) < 4.78 is 12.1. The van der Waals surface area contributed by atoms with Crippen LogP contribution >= 0.6 is 0 Å². The molecule has 2 aromatic carbocycles. The van der Waals surface area contributed by atoms with Gasteiger partial charge in [0.1, 0.15) is 5.82 Å². The molecule has 0 aliphatic carbocycles. The largest absolute Gasteiger partial charge is 0.207 e. The van der Waals surface area contributed by atoms with Crippen molar-refractivity contribution >= 4 is 0 Å². The Morgan fingerprint density at radius 1 is 1.00 bits per heavy atom. The predicted octanol–water partition coefficient (Wildman–Crippen LogP) is 5.84. The van der Waals surface area contributed by atoms with Crippen molar-refractivity contribution in [3.63, 3.8) is 0 Å². The van der Waals surface area contributed by atoms with E-state index < -0.39 is 0 Å². The molecule has 1 nitrogen and oxygen atoms in total. The summed E-state index contributed by atoms with van der Waals surface area (Å²) in [6, 6.07) is 16.3. The smallest absolute Gasteiger partial charge is 0.123 e. The summed E-state index contributed by atoms with van der Waals surface area (Å²) in [5, 5.41) is 8.59. The van der Waals surface area contributed by atoms with E-state index in [9.17, 15) is 4.39 Å². The molecule has 0 aliphatic heterocycles. The number of hydrogen-bond acceptors (Lipinski definition) is 1. The van der Waals surface area contributed by atoms with Crippen LogP contribution in [-0.2, 0) is 0 Å². The van der Waals surface area contributed by atoms with Crippen LogP contribution in [0.4, 0.5) is 4.39 Å². The summed E-state index contributed by atoms with van der Waals surface area (Å²) in [5.74, 6) is 0.332. The number of benzene rings is 2. The molecule has 0 N–H and O–H groups in total. The van der Waals surface area contributed by atoms with Gasteiger partial charge >= 0.3 is 0 Å². The van der Waals surface area contributed by atoms with Gasteiger partial charge in [0.15, 0.2) is 0 Å². The Labute approximate surface area is 128 Å². The molecule has 0 atom stereocenters. The van der Waals surface area contributed by atoms with Gasteiger partial charge < -0.3 is 0 Å². The summed E-state index contributed by atoms with van der Waals surface area (Å²) in [6.07, 6.45) is 0. The van der Waals surface area contributed by atoms with E-state index in [0.717, 1.165) is 11.1 Å². The third-order valence-corrected chi connectivity index (χ3v) is 2.69. The van der Waals surface area contributed by atoms with E-state index in [0.29, 0.717) is 5.92 Å². The average Bonchev–Trinajstić information content (AvgIpc) is 2.53. The zero-order valence-electron chi connectivity index (χ0n) is 13.5. The summed E-state index contributed by atoms with van der Waals surface area (Å²) in [5.41, 5.74) is 3.06. The van der Waals surface area contributed by atoms with Crippen molar-refractivity contribution in [1.29, 1.82) is 5.26 Å². The number of aryl methyl sites for hydroxylation is 1. The number of nitriles is 1. The van der Waals surface area contributed by atoms with Crippen LogP contribution in [0.15, 0.2) is 48.5 Å². The van der Waals surface area contributed by atoms with Crippen molar-refractivity contribution < 1.29 is 4.39 Å². The highest BCUT2D eigenvalue weighted by atomic mass is 19.1. The van der Waals surface area contributed by atoms with E-state index in [4.69, 9.17) is 5.26 Å². The highest BCUT2D eigenvalue weighted by Crippen LogP contribution is 2.14. The summed E-state index contributed by atoms with van der Waals surface area (Å²) in [7, 11) is 0. The molecule has 2 aromatic rings. The molecule has 0 aromatic heterocycles. The van der Waals surface area contributed by atoms with E-state index >= 15 is 0 Å². The molecule has 0 radical (unpaired) electrons. The Hall–Kier alpha value is -2.14. The molecule has 0 spiro atoms. The van der Waals surface area contributed by atoms with Gasteiger partial charge in [0.2, 0.25) is 0 Å². The van der Waals surface area contributed by atoms with Gasteiger partial charge in [0, 0.05) is 0 Å². The first-order valence-electron chi connectivity index (χ1n) is 7.25. The van der Waals surface area contributed by atoms with Gasteiger partial charge in [-0.25, -0.2) is 4.39 Å². The van der Waals surface area contributed by atoms with Crippen molar-refractivity contribution in [2.75, 3.05) is 0 Å². The molecule has 0 unspecified atom stereocenters. The monoisotopic (exact) mass is 285 g/mol. The molecule has 0 aliphatic rings. The van der Waals surface area contributed by atoms with E-state index in [-0.39, 0.29) is 5.82 Å². The van der Waals surface area contributed by atoms with E-state index in [1.54, 1.807) is 12.1 Å². The third-order valence-electron chi connectivity index (χ3n) is 2.69. The lowest BCUT2D eigenvalue weighted by Crippen LogP contribution is -1.86. The third kappa shape index (κ3) is 7.89. The van der Waals surface area contributed by atoms with Crippen LogP contribution in [0.25, 0.3) is 0 Å². The Balaban J connectivity index is 0.000000354. The van der Waals surface area contributed by atoms with Crippen LogP contribution in [0, 0.1) is 24.1 Å². The fourth-order valence-electron chi connectivity index (χ4n) is 1.50. The van der Waals surface area contributed by atoms with E-state index in [1.165, 1.54) is 17.7 Å². The Morgan fingerprint density at radius 3 is 2.00 bits per heavy atom. The fraction of sp³-hybridized carbons (Fsp3) is 0.316. The minimum atomic E-state index is -0.171. The van der Waals surface area contributed by atoms with Gasteiger partial charge in [-0.3, -0.25) is 0 Å². The number of nitrogens with zero attached hydrogens (tertiary/aromatic N) is 1. The molecule has 112 valence electrons. The molecular formula is C19H24FN. The maximum absolute atomic E-state index is 12.1. The second kappa shape index (κ2) is 10.6. The van der Waals surface area contributed by atoms with Crippen molar-refractivity contribution in [3.05, 3.63) is 71.0 Å². The molecule has 0 fully saturated rings.